The maximum absolute atomic E-state index is 14.8. The van der Waals surface area contributed by atoms with E-state index in [1.807, 2.05) is 0 Å². The van der Waals surface area contributed by atoms with Gasteiger partial charge in [-0.25, -0.2) is 0 Å². The zero-order valence-electron chi connectivity index (χ0n) is 79.2. The van der Waals surface area contributed by atoms with Gasteiger partial charge < -0.3 is 170 Å². The molecule has 0 spiro atoms. The second kappa shape index (κ2) is 77.6. The zero-order chi connectivity index (χ0) is 97.4. The Hall–Kier alpha value is -6.26. The molecule has 0 radical (unpaired) electrons. The van der Waals surface area contributed by atoms with Gasteiger partial charge in [0.15, 0.2) is 18.9 Å². The summed E-state index contributed by atoms with van der Waals surface area (Å²) in [4.78, 5) is 132. The van der Waals surface area contributed by atoms with Crippen LogP contribution in [-0.4, -0.2) is 400 Å². The van der Waals surface area contributed by atoms with E-state index < -0.39 is 190 Å². The molecule has 133 heavy (non-hydrogen) atoms. The van der Waals surface area contributed by atoms with Crippen LogP contribution in [0.15, 0.2) is 0 Å². The number of carbonyl (C=O) groups excluding carboxylic acids is 10. The summed E-state index contributed by atoms with van der Waals surface area (Å²) in [5, 5.41) is 119. The molecule has 3 rings (SSSR count). The summed E-state index contributed by atoms with van der Waals surface area (Å²) < 4.78 is 83.7. The Morgan fingerprint density at radius 2 is 0.534 bits per heavy atom. The lowest BCUT2D eigenvalue weighted by molar-refractivity contribution is -0.272. The van der Waals surface area contributed by atoms with Crippen molar-refractivity contribution in [2.45, 2.75) is 324 Å². The molecule has 0 aromatic heterocycles. The van der Waals surface area contributed by atoms with Gasteiger partial charge in [-0.3, -0.25) is 47.9 Å². The number of aliphatic hydroxyl groups excluding tert-OH is 9. The van der Waals surface area contributed by atoms with Crippen molar-refractivity contribution in [2.24, 2.45) is 0 Å². The molecule has 0 aromatic carbocycles. The summed E-state index contributed by atoms with van der Waals surface area (Å²) in [7, 11) is 0. The van der Waals surface area contributed by atoms with Crippen LogP contribution >= 0.6 is 0 Å². The molecule has 18 atom stereocenters. The fourth-order valence-electron chi connectivity index (χ4n) is 14.6. The Bertz CT molecular complexity index is 3080. The first-order valence-corrected chi connectivity index (χ1v) is 48.0. The summed E-state index contributed by atoms with van der Waals surface area (Å²) in [6.45, 7) is 7.13. The topological polar surface area (TPSA) is 612 Å². The Kier molecular flexibility index (Phi) is 70.6. The normalized spacial score (nSPS) is 22.5. The SMILES string of the molecule is CCCCCCCCCCCCCCCC(=O)NCCCCC(NC(=O)C(CCCCNC(=O)COCCOCCOCCO[C@@H]1O[C@H](CO)[C@H](O)[C@H](O)[C@H]1NC(C)=O)NC(=O)C(CCCCNC(=O)COCCOCCOCCO[C@@H]1O[C@H](CO)[C@H](O)[C@H](O)[C@H]1NC(C)=O)NC(=O)COCCOCCOCCO[C@@H]1O[C@H](CO)[C@H](O)[C@H](O)[C@H]1NC(C)=O)C(=O)NCCCCCCC. The van der Waals surface area contributed by atoms with Crippen LogP contribution in [0.2, 0.25) is 0 Å². The van der Waals surface area contributed by atoms with E-state index in [1.54, 1.807) is 0 Å². The highest BCUT2D eigenvalue weighted by molar-refractivity contribution is 5.94. The first-order valence-electron chi connectivity index (χ1n) is 48.0. The first kappa shape index (κ1) is 121. The molecule has 0 bridgehead atoms. The van der Waals surface area contributed by atoms with Crippen molar-refractivity contribution in [3.8, 4) is 0 Å². The average Bonchev–Trinajstić information content (AvgIpc) is 0.820. The van der Waals surface area contributed by atoms with E-state index in [4.69, 9.17) is 71.1 Å². The van der Waals surface area contributed by atoms with Gasteiger partial charge in [-0.2, -0.15) is 0 Å². The number of rotatable bonds is 83. The summed E-state index contributed by atoms with van der Waals surface area (Å²) in [6, 6.07) is -6.95. The Balaban J connectivity index is 1.68. The Morgan fingerprint density at radius 3 is 0.850 bits per heavy atom. The number of ether oxygens (including phenoxy) is 15. The number of hydrogen-bond donors (Lipinski definition) is 19. The third-order valence-corrected chi connectivity index (χ3v) is 21.9. The number of hydrogen-bond acceptors (Lipinski definition) is 34. The Morgan fingerprint density at radius 1 is 0.278 bits per heavy atom. The predicted octanol–water partition coefficient (Wildman–Crippen LogP) is -2.10. The quantitative estimate of drug-likeness (QED) is 0.0290. The van der Waals surface area contributed by atoms with Gasteiger partial charge in [-0.1, -0.05) is 117 Å². The molecular weight excluding hydrogens is 1750 g/mol. The average molecular weight is 1920 g/mol. The van der Waals surface area contributed by atoms with E-state index in [-0.39, 0.29) is 183 Å². The number of carbonyl (C=O) groups is 10. The summed E-state index contributed by atoms with van der Waals surface area (Å²) in [6.07, 6.45) is 7.01. The van der Waals surface area contributed by atoms with Crippen molar-refractivity contribution in [3.63, 3.8) is 0 Å². The van der Waals surface area contributed by atoms with Gasteiger partial charge in [0.1, 0.15) is 111 Å². The fraction of sp³-hybridized carbons (Fsp3) is 0.888. The van der Waals surface area contributed by atoms with Gasteiger partial charge in [0.2, 0.25) is 59.1 Å². The highest BCUT2D eigenvalue weighted by atomic mass is 16.7. The van der Waals surface area contributed by atoms with Crippen LogP contribution in [0.25, 0.3) is 0 Å². The fourth-order valence-corrected chi connectivity index (χ4v) is 14.6. The van der Waals surface area contributed by atoms with Crippen LogP contribution in [0.5, 0.6) is 0 Å². The standard InChI is InChI=1S/C89H164N10O34/c1-6-8-10-12-13-14-15-16-17-18-19-20-22-33-71(106)90-34-27-23-30-65(84(116)93-37-26-21-11-9-7-2)98-86(118)67(32-25-29-36-92-73(108)60-126-48-45-120-39-42-123-51-54-129-88-76(95-63(4)104)82(114)79(111)69(57-101)132-88)99-85(117)66(97-74(109)61-127-49-46-121-40-43-124-52-55-130-89-77(96-64(5)105)83(115)80(112)70(58-102)133-89)31-24-28-35-91-72(107)59-125-47-44-119-38-41-122-50-53-128-87-75(94-62(3)103)81(113)78(110)68(56-100)131-87/h65-70,75-83,87-89,100-102,110-115H,6-61H2,1-5H3,(H,90,106)(H,91,107)(H,92,108)(H,93,116)(H,94,103)(H,95,104)(H,96,105)(H,97,109)(H,98,118)(H,99,117)/t65?,66?,67?,68-,69-,70-,75-,76-,77-,78+,79+,80+,81-,82-,83-,87-,88-,89-/m1/s1. The molecule has 10 amide bonds. The van der Waals surface area contributed by atoms with Crippen LogP contribution in [-0.2, 0) is 119 Å². The van der Waals surface area contributed by atoms with Crippen molar-refractivity contribution < 1.29 is 165 Å². The smallest absolute Gasteiger partial charge is 0.246 e. The minimum atomic E-state index is -1.49. The highest BCUT2D eigenvalue weighted by Gasteiger charge is 2.48. The molecule has 0 aliphatic carbocycles. The van der Waals surface area contributed by atoms with Crippen molar-refractivity contribution >= 4 is 59.1 Å². The number of aliphatic hydroxyl groups is 9. The molecular formula is C89H164N10O34. The molecule has 19 N–H and O–H groups in total. The summed E-state index contributed by atoms with van der Waals surface area (Å²) in [5.74, 6) is -5.01. The van der Waals surface area contributed by atoms with Crippen molar-refractivity contribution in [3.05, 3.63) is 0 Å². The lowest BCUT2D eigenvalue weighted by atomic mass is 9.97. The monoisotopic (exact) mass is 1920 g/mol. The minimum absolute atomic E-state index is 0.00525. The molecule has 3 unspecified atom stereocenters. The van der Waals surface area contributed by atoms with Crippen LogP contribution in [0.1, 0.15) is 214 Å². The van der Waals surface area contributed by atoms with Gasteiger partial charge in [0.05, 0.1) is 139 Å². The highest BCUT2D eigenvalue weighted by Crippen LogP contribution is 2.26. The van der Waals surface area contributed by atoms with Crippen LogP contribution in [0.3, 0.4) is 0 Å². The number of unbranched alkanes of at least 4 members (excludes halogenated alkanes) is 19. The second-order valence-corrected chi connectivity index (χ2v) is 33.2. The van der Waals surface area contributed by atoms with E-state index in [2.05, 4.69) is 67.0 Å². The van der Waals surface area contributed by atoms with Crippen molar-refractivity contribution in [1.29, 1.82) is 0 Å². The molecule has 44 heteroatoms. The van der Waals surface area contributed by atoms with E-state index in [1.165, 1.54) is 78.6 Å². The molecule has 44 nitrogen and oxygen atoms in total. The molecule has 0 aromatic rings. The van der Waals surface area contributed by atoms with Gasteiger partial charge in [-0.05, 0) is 70.6 Å². The summed E-state index contributed by atoms with van der Waals surface area (Å²) in [5.41, 5.74) is 0. The van der Waals surface area contributed by atoms with Gasteiger partial charge in [0.25, 0.3) is 0 Å². The largest absolute Gasteiger partial charge is 0.394 e. The lowest BCUT2D eigenvalue weighted by Crippen LogP contribution is -2.64. The molecule has 3 saturated heterocycles. The molecule has 3 heterocycles. The van der Waals surface area contributed by atoms with E-state index in [9.17, 15) is 93.9 Å². The zero-order valence-corrected chi connectivity index (χ0v) is 79.2. The number of nitrogens with one attached hydrogen (secondary N) is 10. The van der Waals surface area contributed by atoms with Crippen LogP contribution in [0, 0.1) is 0 Å². The molecule has 774 valence electrons. The molecule has 3 aliphatic heterocycles. The minimum Gasteiger partial charge on any atom is -0.394 e. The maximum Gasteiger partial charge on any atom is 0.246 e. The van der Waals surface area contributed by atoms with Gasteiger partial charge in [0, 0.05) is 53.4 Å². The lowest BCUT2D eigenvalue weighted by Gasteiger charge is -2.42. The maximum atomic E-state index is 14.8. The van der Waals surface area contributed by atoms with Crippen LogP contribution < -0.4 is 53.2 Å². The third kappa shape index (κ3) is 56.4. The van der Waals surface area contributed by atoms with Crippen molar-refractivity contribution in [2.75, 3.05) is 185 Å². The van der Waals surface area contributed by atoms with Gasteiger partial charge >= 0.3 is 0 Å². The van der Waals surface area contributed by atoms with Crippen LogP contribution in [0.4, 0.5) is 0 Å². The molecule has 3 fully saturated rings. The van der Waals surface area contributed by atoms with E-state index >= 15 is 0 Å². The summed E-state index contributed by atoms with van der Waals surface area (Å²) >= 11 is 0. The second-order valence-electron chi connectivity index (χ2n) is 33.2. The van der Waals surface area contributed by atoms with E-state index in [0.29, 0.717) is 51.6 Å². The third-order valence-electron chi connectivity index (χ3n) is 21.9. The predicted molar refractivity (Wildman–Crippen MR) is 480 cm³/mol. The van der Waals surface area contributed by atoms with E-state index in [0.717, 1.165) is 51.4 Å². The Labute approximate surface area is 783 Å². The van der Waals surface area contributed by atoms with Gasteiger partial charge in [-0.15, -0.1) is 0 Å². The number of amides is 10. The molecule has 3 aliphatic rings. The molecule has 0 saturated carbocycles. The van der Waals surface area contributed by atoms with Crippen molar-refractivity contribution in [1.82, 2.24) is 53.2 Å². The first-order chi connectivity index (χ1) is 64.3.